The first-order chi connectivity index (χ1) is 14.5. The van der Waals surface area contributed by atoms with Crippen LogP contribution in [0.1, 0.15) is 89.2 Å². The molecule has 2 aromatic carbocycles. The Balaban J connectivity index is 1.92. The van der Waals surface area contributed by atoms with Crippen LogP contribution >= 0.6 is 0 Å². The van der Waals surface area contributed by atoms with Crippen molar-refractivity contribution >= 4 is 11.8 Å². The van der Waals surface area contributed by atoms with Gasteiger partial charge in [0.05, 0.1) is 5.56 Å². The first-order valence-corrected chi connectivity index (χ1v) is 11.5. The summed E-state index contributed by atoms with van der Waals surface area (Å²) in [5.74, 6) is -0.414. The van der Waals surface area contributed by atoms with Crippen molar-refractivity contribution in [3.05, 3.63) is 61.5 Å². The third-order valence-corrected chi connectivity index (χ3v) is 5.84. The molecule has 0 amide bonds. The number of hydrogen-bond acceptors (Lipinski definition) is 4. The van der Waals surface area contributed by atoms with Gasteiger partial charge in [0.1, 0.15) is 0 Å². The molecule has 4 heteroatoms. The SMILES string of the molecule is CCCCCCCCCCCCN(/C(C)=C/c1c(O)c(=O)c1=O)c1ccccc1C. The number of unbranched alkanes of at least 4 members (excludes halogenated alkanes) is 9. The summed E-state index contributed by atoms with van der Waals surface area (Å²) >= 11 is 0. The summed E-state index contributed by atoms with van der Waals surface area (Å²) in [4.78, 5) is 25.3. The first kappa shape index (κ1) is 23.9. The average molecular weight is 412 g/mol. The smallest absolute Gasteiger partial charge is 0.268 e. The maximum atomic E-state index is 11.7. The van der Waals surface area contributed by atoms with E-state index in [1.165, 1.54) is 57.8 Å². The number of rotatable bonds is 14. The van der Waals surface area contributed by atoms with Gasteiger partial charge in [-0.05, 0) is 38.0 Å². The standard InChI is InChI=1S/C26H37NO3/c1-4-5-6-7-8-9-10-11-12-15-18-27(23-17-14-13-16-20(23)2)21(3)19-22-24(28)26(30)25(22)29/h13-14,16-17,19,28H,4-12,15,18H2,1-3H3/b21-19+. The van der Waals surface area contributed by atoms with Crippen molar-refractivity contribution in [1.29, 1.82) is 0 Å². The molecule has 0 aliphatic heterocycles. The lowest BCUT2D eigenvalue weighted by atomic mass is 10.1. The molecule has 30 heavy (non-hydrogen) atoms. The summed E-state index contributed by atoms with van der Waals surface area (Å²) in [6, 6.07) is 8.17. The van der Waals surface area contributed by atoms with Crippen LogP contribution in [0, 0.1) is 6.92 Å². The van der Waals surface area contributed by atoms with Gasteiger partial charge in [-0.25, -0.2) is 0 Å². The molecule has 0 saturated carbocycles. The molecule has 1 N–H and O–H groups in total. The Hall–Kier alpha value is -2.36. The van der Waals surface area contributed by atoms with E-state index in [1.807, 2.05) is 19.1 Å². The van der Waals surface area contributed by atoms with Crippen molar-refractivity contribution in [2.24, 2.45) is 0 Å². The highest BCUT2D eigenvalue weighted by molar-refractivity contribution is 5.68. The quantitative estimate of drug-likeness (QED) is 0.302. The fourth-order valence-electron chi connectivity index (χ4n) is 3.93. The molecule has 0 aliphatic carbocycles. The predicted molar refractivity (Wildman–Crippen MR) is 127 cm³/mol. The minimum atomic E-state index is -0.786. The Morgan fingerprint density at radius 2 is 1.47 bits per heavy atom. The van der Waals surface area contributed by atoms with Crippen molar-refractivity contribution in [1.82, 2.24) is 0 Å². The summed E-state index contributed by atoms with van der Waals surface area (Å²) < 4.78 is 0. The summed E-state index contributed by atoms with van der Waals surface area (Å²) in [5.41, 5.74) is 1.86. The minimum Gasteiger partial charge on any atom is -0.504 e. The zero-order valence-electron chi connectivity index (χ0n) is 18.9. The van der Waals surface area contributed by atoms with Gasteiger partial charge in [-0.1, -0.05) is 82.9 Å². The first-order valence-electron chi connectivity index (χ1n) is 11.5. The second-order valence-corrected chi connectivity index (χ2v) is 8.33. The number of nitrogens with zero attached hydrogens (tertiary/aromatic N) is 1. The topological polar surface area (TPSA) is 57.6 Å². The highest BCUT2D eigenvalue weighted by Crippen LogP contribution is 2.26. The average Bonchev–Trinajstić information content (AvgIpc) is 2.75. The summed E-state index contributed by atoms with van der Waals surface area (Å²) in [6.07, 6.45) is 14.5. The van der Waals surface area contributed by atoms with Gasteiger partial charge < -0.3 is 10.0 Å². The second-order valence-electron chi connectivity index (χ2n) is 8.33. The molecular formula is C26H37NO3. The predicted octanol–water partition coefficient (Wildman–Crippen LogP) is 6.08. The van der Waals surface area contributed by atoms with Gasteiger partial charge in [-0.2, -0.15) is 0 Å². The molecule has 0 heterocycles. The van der Waals surface area contributed by atoms with E-state index in [1.54, 1.807) is 6.08 Å². The van der Waals surface area contributed by atoms with E-state index in [4.69, 9.17) is 0 Å². The van der Waals surface area contributed by atoms with E-state index in [0.29, 0.717) is 0 Å². The molecule has 0 bridgehead atoms. The van der Waals surface area contributed by atoms with Gasteiger partial charge in [-0.15, -0.1) is 0 Å². The van der Waals surface area contributed by atoms with Crippen molar-refractivity contribution in [2.75, 3.05) is 11.4 Å². The molecule has 0 radical (unpaired) electrons. The minimum absolute atomic E-state index is 0.124. The lowest BCUT2D eigenvalue weighted by molar-refractivity contribution is 0.461. The highest BCUT2D eigenvalue weighted by atomic mass is 16.3. The van der Waals surface area contributed by atoms with Crippen LogP contribution in [0.3, 0.4) is 0 Å². The summed E-state index contributed by atoms with van der Waals surface area (Å²) in [7, 11) is 0. The van der Waals surface area contributed by atoms with Crippen molar-refractivity contribution in [2.45, 2.75) is 85.0 Å². The molecule has 2 rings (SSSR count). The van der Waals surface area contributed by atoms with E-state index < -0.39 is 16.6 Å². The van der Waals surface area contributed by atoms with Crippen LogP contribution in [0.5, 0.6) is 5.75 Å². The lowest BCUT2D eigenvalue weighted by Crippen LogP contribution is -2.33. The molecule has 0 aromatic heterocycles. The zero-order valence-corrected chi connectivity index (χ0v) is 18.9. The largest absolute Gasteiger partial charge is 0.504 e. The van der Waals surface area contributed by atoms with Crippen LogP contribution in [0.15, 0.2) is 39.6 Å². The molecule has 4 nitrogen and oxygen atoms in total. The van der Waals surface area contributed by atoms with Crippen LogP contribution in [-0.4, -0.2) is 11.7 Å². The van der Waals surface area contributed by atoms with Crippen LogP contribution in [-0.2, 0) is 0 Å². The van der Waals surface area contributed by atoms with Crippen LogP contribution in [0.4, 0.5) is 5.69 Å². The van der Waals surface area contributed by atoms with Gasteiger partial charge in [0.2, 0.25) is 5.43 Å². The van der Waals surface area contributed by atoms with Crippen LogP contribution < -0.4 is 15.8 Å². The van der Waals surface area contributed by atoms with Crippen LogP contribution in [0.25, 0.3) is 6.08 Å². The fourth-order valence-corrected chi connectivity index (χ4v) is 3.93. The maximum Gasteiger partial charge on any atom is 0.268 e. The monoisotopic (exact) mass is 411 g/mol. The third kappa shape index (κ3) is 6.58. The zero-order chi connectivity index (χ0) is 21.9. The Kier molecular flexibility index (Phi) is 9.85. The van der Waals surface area contributed by atoms with Crippen molar-refractivity contribution in [3.63, 3.8) is 0 Å². The second kappa shape index (κ2) is 12.4. The molecular weight excluding hydrogens is 374 g/mol. The number of anilines is 1. The van der Waals surface area contributed by atoms with Gasteiger partial charge in [0.15, 0.2) is 5.75 Å². The van der Waals surface area contributed by atoms with E-state index in [0.717, 1.165) is 29.9 Å². The molecule has 0 unspecified atom stereocenters. The molecule has 164 valence electrons. The maximum absolute atomic E-state index is 11.7. The number of benzene rings is 1. The molecule has 0 saturated heterocycles. The normalized spacial score (nSPS) is 11.9. The van der Waals surface area contributed by atoms with Gasteiger partial charge in [0.25, 0.3) is 5.43 Å². The molecule has 0 aliphatic rings. The Labute approximate surface area is 180 Å². The fraction of sp³-hybridized carbons (Fsp3) is 0.538. The van der Waals surface area contributed by atoms with Crippen molar-refractivity contribution < 1.29 is 5.11 Å². The third-order valence-electron chi connectivity index (χ3n) is 5.84. The summed E-state index contributed by atoms with van der Waals surface area (Å²) in [5, 5.41) is 9.71. The molecule has 0 fully saturated rings. The van der Waals surface area contributed by atoms with Gasteiger partial charge in [0, 0.05) is 17.9 Å². The van der Waals surface area contributed by atoms with Gasteiger partial charge >= 0.3 is 0 Å². The number of para-hydroxylation sites is 1. The van der Waals surface area contributed by atoms with Gasteiger partial charge in [-0.3, -0.25) is 9.59 Å². The Morgan fingerprint density at radius 1 is 0.900 bits per heavy atom. The van der Waals surface area contributed by atoms with E-state index in [2.05, 4.69) is 30.9 Å². The molecule has 2 aromatic rings. The van der Waals surface area contributed by atoms with Crippen LogP contribution in [0.2, 0.25) is 0 Å². The molecule has 0 spiro atoms. The lowest BCUT2D eigenvalue weighted by Gasteiger charge is -2.27. The molecule has 0 atom stereocenters. The Bertz CT molecular complexity index is 890. The Morgan fingerprint density at radius 3 is 2.03 bits per heavy atom. The summed E-state index contributed by atoms with van der Waals surface area (Å²) in [6.45, 7) is 7.10. The van der Waals surface area contributed by atoms with E-state index in [-0.39, 0.29) is 5.56 Å². The van der Waals surface area contributed by atoms with E-state index in [9.17, 15) is 14.7 Å². The number of aryl methyl sites for hydroxylation is 1. The number of allylic oxidation sites excluding steroid dienone is 1. The van der Waals surface area contributed by atoms with Crippen molar-refractivity contribution in [3.8, 4) is 5.75 Å². The van der Waals surface area contributed by atoms with E-state index >= 15 is 0 Å². The highest BCUT2D eigenvalue weighted by Gasteiger charge is 2.19. The number of aromatic hydroxyl groups is 1. The number of hydrogen-bond donors (Lipinski definition) is 1.